The summed E-state index contributed by atoms with van der Waals surface area (Å²) in [6.07, 6.45) is 2.97. The lowest BCUT2D eigenvalue weighted by Crippen LogP contribution is -2.23. The van der Waals surface area contributed by atoms with E-state index in [2.05, 4.69) is 15.6 Å². The van der Waals surface area contributed by atoms with Crippen LogP contribution >= 0.6 is 22.6 Å². The molecule has 132 valence electrons. The minimum absolute atomic E-state index is 0.136. The Hall–Kier alpha value is -2.68. The molecule has 0 aliphatic rings. The number of pyridine rings is 1. The molecule has 0 spiro atoms. The van der Waals surface area contributed by atoms with E-state index in [0.717, 1.165) is 9.13 Å². The number of carbonyl (C=O) groups is 1. The van der Waals surface area contributed by atoms with Crippen LogP contribution in [-0.2, 0) is 6.54 Å². The first-order valence-electron chi connectivity index (χ1n) is 7.75. The van der Waals surface area contributed by atoms with Gasteiger partial charge in [-0.1, -0.05) is 12.1 Å². The van der Waals surface area contributed by atoms with Crippen molar-refractivity contribution in [1.82, 2.24) is 10.3 Å². The molecule has 7 heteroatoms. The minimum Gasteiger partial charge on any atom is -0.508 e. The molecule has 5 nitrogen and oxygen atoms in total. The van der Waals surface area contributed by atoms with E-state index >= 15 is 0 Å². The molecule has 0 aliphatic carbocycles. The summed E-state index contributed by atoms with van der Waals surface area (Å²) in [6.45, 7) is 0.257. The summed E-state index contributed by atoms with van der Waals surface area (Å²) < 4.78 is 14.8. The number of amides is 1. The van der Waals surface area contributed by atoms with Crippen LogP contribution in [-0.4, -0.2) is 16.0 Å². The number of phenols is 1. The first kappa shape index (κ1) is 18.1. The Balaban J connectivity index is 1.76. The van der Waals surface area contributed by atoms with E-state index in [0.29, 0.717) is 11.3 Å². The first-order valence-corrected chi connectivity index (χ1v) is 8.83. The predicted molar refractivity (Wildman–Crippen MR) is 106 cm³/mol. The van der Waals surface area contributed by atoms with Crippen molar-refractivity contribution in [3.05, 3.63) is 81.4 Å². The van der Waals surface area contributed by atoms with E-state index in [9.17, 15) is 14.3 Å². The zero-order valence-electron chi connectivity index (χ0n) is 13.5. The molecule has 1 amide bonds. The number of halogens is 2. The molecule has 0 unspecified atom stereocenters. The van der Waals surface area contributed by atoms with Gasteiger partial charge in [-0.3, -0.25) is 9.78 Å². The van der Waals surface area contributed by atoms with Gasteiger partial charge < -0.3 is 15.7 Å². The van der Waals surface area contributed by atoms with Crippen LogP contribution < -0.4 is 10.6 Å². The number of aromatic nitrogens is 1. The Bertz CT molecular complexity index is 950. The molecule has 2 aromatic carbocycles. The predicted octanol–water partition coefficient (Wildman–Crippen LogP) is 4.20. The molecule has 0 fully saturated rings. The van der Waals surface area contributed by atoms with Crippen molar-refractivity contribution in [1.29, 1.82) is 0 Å². The van der Waals surface area contributed by atoms with Crippen LogP contribution in [0, 0.1) is 9.39 Å². The Kier molecular flexibility index (Phi) is 5.67. The molecule has 0 saturated carbocycles. The number of hydrogen-bond donors (Lipinski definition) is 3. The van der Waals surface area contributed by atoms with Crippen molar-refractivity contribution in [3.63, 3.8) is 0 Å². The SMILES string of the molecule is O=C(NCc1cccc(O)c1)c1ccncc1Nc1ccc(I)cc1F. The minimum atomic E-state index is -0.410. The molecule has 0 bridgehead atoms. The molecule has 3 N–H and O–H groups in total. The standard InChI is InChI=1S/C19H15FIN3O2/c20-16-9-13(21)4-5-17(16)24-18-11-22-7-6-15(18)19(26)23-10-12-2-1-3-14(25)8-12/h1-9,11,24-25H,10H2,(H,23,26). The molecular weight excluding hydrogens is 448 g/mol. The van der Waals surface area contributed by atoms with Gasteiger partial charge in [0.05, 0.1) is 23.1 Å². The lowest BCUT2D eigenvalue weighted by atomic mass is 10.1. The Morgan fingerprint density at radius 1 is 1.15 bits per heavy atom. The third-order valence-electron chi connectivity index (χ3n) is 3.63. The number of aromatic hydroxyl groups is 1. The van der Waals surface area contributed by atoms with Crippen LogP contribution in [0.15, 0.2) is 60.9 Å². The molecule has 3 aromatic rings. The normalized spacial score (nSPS) is 10.4. The van der Waals surface area contributed by atoms with Gasteiger partial charge in [-0.25, -0.2) is 4.39 Å². The number of rotatable bonds is 5. The molecule has 3 rings (SSSR count). The number of phenolic OH excluding ortho intramolecular Hbond substituents is 1. The second-order valence-corrected chi connectivity index (χ2v) is 6.77. The quantitative estimate of drug-likeness (QED) is 0.496. The summed E-state index contributed by atoms with van der Waals surface area (Å²) in [4.78, 5) is 16.5. The van der Waals surface area contributed by atoms with Gasteiger partial charge in [-0.15, -0.1) is 0 Å². The molecule has 0 radical (unpaired) electrons. The summed E-state index contributed by atoms with van der Waals surface area (Å²) in [5.41, 5.74) is 1.78. The second-order valence-electron chi connectivity index (χ2n) is 5.52. The summed E-state index contributed by atoms with van der Waals surface area (Å²) in [7, 11) is 0. The van der Waals surface area contributed by atoms with Crippen molar-refractivity contribution in [2.24, 2.45) is 0 Å². The van der Waals surface area contributed by atoms with Crippen LogP contribution in [0.4, 0.5) is 15.8 Å². The largest absolute Gasteiger partial charge is 0.508 e. The number of nitrogens with zero attached hydrogens (tertiary/aromatic N) is 1. The van der Waals surface area contributed by atoms with E-state index in [-0.39, 0.29) is 23.9 Å². The summed E-state index contributed by atoms with van der Waals surface area (Å²) in [6, 6.07) is 13.0. The maximum absolute atomic E-state index is 14.1. The maximum atomic E-state index is 14.1. The second kappa shape index (κ2) is 8.13. The number of carbonyl (C=O) groups excluding carboxylic acids is 1. The Labute approximate surface area is 163 Å². The van der Waals surface area contributed by atoms with Gasteiger partial charge in [0.1, 0.15) is 11.6 Å². The molecule has 0 atom stereocenters. The van der Waals surface area contributed by atoms with Gasteiger partial charge in [0.2, 0.25) is 0 Å². The smallest absolute Gasteiger partial charge is 0.253 e. The van der Waals surface area contributed by atoms with Gasteiger partial charge in [0.15, 0.2) is 0 Å². The summed E-state index contributed by atoms with van der Waals surface area (Å²) >= 11 is 2.03. The maximum Gasteiger partial charge on any atom is 0.253 e. The highest BCUT2D eigenvalue weighted by molar-refractivity contribution is 14.1. The summed E-state index contributed by atoms with van der Waals surface area (Å²) in [5, 5.41) is 15.2. The van der Waals surface area contributed by atoms with Crippen molar-refractivity contribution < 1.29 is 14.3 Å². The zero-order valence-corrected chi connectivity index (χ0v) is 15.7. The topological polar surface area (TPSA) is 74.2 Å². The highest BCUT2D eigenvalue weighted by atomic mass is 127. The van der Waals surface area contributed by atoms with Gasteiger partial charge >= 0.3 is 0 Å². The van der Waals surface area contributed by atoms with Crippen LogP contribution in [0.25, 0.3) is 0 Å². The third-order valence-corrected chi connectivity index (χ3v) is 4.30. The average Bonchev–Trinajstić information content (AvgIpc) is 2.62. The fraction of sp³-hybridized carbons (Fsp3) is 0.0526. The van der Waals surface area contributed by atoms with Crippen LogP contribution in [0.2, 0.25) is 0 Å². The van der Waals surface area contributed by atoms with Crippen molar-refractivity contribution >= 4 is 39.9 Å². The first-order chi connectivity index (χ1) is 12.5. The highest BCUT2D eigenvalue weighted by Crippen LogP contribution is 2.24. The van der Waals surface area contributed by atoms with Crippen molar-refractivity contribution in [2.75, 3.05) is 5.32 Å². The Morgan fingerprint density at radius 3 is 2.77 bits per heavy atom. The van der Waals surface area contributed by atoms with Crippen LogP contribution in [0.5, 0.6) is 5.75 Å². The fourth-order valence-electron chi connectivity index (χ4n) is 2.37. The van der Waals surface area contributed by atoms with Crippen LogP contribution in [0.3, 0.4) is 0 Å². The highest BCUT2D eigenvalue weighted by Gasteiger charge is 2.13. The van der Waals surface area contributed by atoms with Crippen LogP contribution in [0.1, 0.15) is 15.9 Å². The lowest BCUT2D eigenvalue weighted by Gasteiger charge is -2.12. The number of benzene rings is 2. The number of hydrogen-bond acceptors (Lipinski definition) is 4. The van der Waals surface area contributed by atoms with Gasteiger partial charge in [-0.05, 0) is 64.6 Å². The number of anilines is 2. The van der Waals surface area contributed by atoms with Gasteiger partial charge in [-0.2, -0.15) is 0 Å². The molecule has 26 heavy (non-hydrogen) atoms. The summed E-state index contributed by atoms with van der Waals surface area (Å²) in [5.74, 6) is -0.603. The molecule has 0 saturated heterocycles. The van der Waals surface area contributed by atoms with E-state index in [1.54, 1.807) is 42.5 Å². The van der Waals surface area contributed by atoms with E-state index in [1.807, 2.05) is 22.6 Å². The molecule has 0 aliphatic heterocycles. The Morgan fingerprint density at radius 2 is 2.00 bits per heavy atom. The van der Waals surface area contributed by atoms with Gasteiger partial charge in [0, 0.05) is 16.3 Å². The van der Waals surface area contributed by atoms with E-state index < -0.39 is 5.82 Å². The van der Waals surface area contributed by atoms with Crippen molar-refractivity contribution in [2.45, 2.75) is 6.54 Å². The molecule has 1 heterocycles. The van der Waals surface area contributed by atoms with Crippen molar-refractivity contribution in [3.8, 4) is 5.75 Å². The molecular formula is C19H15FIN3O2. The third kappa shape index (κ3) is 4.48. The number of nitrogens with one attached hydrogen (secondary N) is 2. The molecule has 1 aromatic heterocycles. The van der Waals surface area contributed by atoms with E-state index in [1.165, 1.54) is 18.5 Å². The average molecular weight is 463 g/mol. The van der Waals surface area contributed by atoms with E-state index in [4.69, 9.17) is 0 Å². The van der Waals surface area contributed by atoms with Gasteiger partial charge in [0.25, 0.3) is 5.91 Å². The lowest BCUT2D eigenvalue weighted by molar-refractivity contribution is 0.0951. The zero-order chi connectivity index (χ0) is 18.5. The monoisotopic (exact) mass is 463 g/mol. The fourth-order valence-corrected chi connectivity index (χ4v) is 2.83.